The fourth-order valence-corrected chi connectivity index (χ4v) is 2.88. The first-order valence-electron chi connectivity index (χ1n) is 6.85. The molecular formula is C15H16N6S. The fraction of sp³-hybridized carbons (Fsp3) is 0.200. The van der Waals surface area contributed by atoms with E-state index in [1.165, 1.54) is 4.88 Å². The van der Waals surface area contributed by atoms with Gasteiger partial charge in [-0.15, -0.1) is 16.4 Å². The number of hydrogen-bond acceptors (Lipinski definition) is 7. The van der Waals surface area contributed by atoms with Crippen LogP contribution < -0.4 is 11.1 Å². The summed E-state index contributed by atoms with van der Waals surface area (Å²) < 4.78 is 0. The van der Waals surface area contributed by atoms with Crippen LogP contribution in [-0.4, -0.2) is 20.2 Å². The van der Waals surface area contributed by atoms with Crippen LogP contribution in [0.25, 0.3) is 11.3 Å². The van der Waals surface area contributed by atoms with E-state index in [-0.39, 0.29) is 0 Å². The minimum Gasteiger partial charge on any atom is -0.398 e. The number of aromatic nitrogens is 4. The van der Waals surface area contributed by atoms with E-state index in [0.29, 0.717) is 23.9 Å². The first-order valence-corrected chi connectivity index (χ1v) is 7.66. The summed E-state index contributed by atoms with van der Waals surface area (Å²) in [6.07, 6.45) is 1.61. The second-order valence-corrected chi connectivity index (χ2v) is 6.14. The van der Waals surface area contributed by atoms with Gasteiger partial charge in [-0.05, 0) is 19.9 Å². The van der Waals surface area contributed by atoms with Crippen molar-refractivity contribution < 1.29 is 0 Å². The molecule has 0 bridgehead atoms. The van der Waals surface area contributed by atoms with E-state index in [9.17, 15) is 0 Å². The molecule has 0 aliphatic carbocycles. The molecule has 3 aromatic rings. The van der Waals surface area contributed by atoms with Gasteiger partial charge in [0.15, 0.2) is 0 Å². The van der Waals surface area contributed by atoms with Gasteiger partial charge in [0.1, 0.15) is 5.01 Å². The number of hydrogen-bond donors (Lipinski definition) is 2. The Labute approximate surface area is 132 Å². The van der Waals surface area contributed by atoms with Crippen molar-refractivity contribution in [3.05, 3.63) is 46.0 Å². The van der Waals surface area contributed by atoms with Crippen molar-refractivity contribution in [3.63, 3.8) is 0 Å². The molecule has 0 radical (unpaired) electrons. The predicted molar refractivity (Wildman–Crippen MR) is 88.6 cm³/mol. The van der Waals surface area contributed by atoms with Gasteiger partial charge in [0, 0.05) is 16.1 Å². The maximum absolute atomic E-state index is 5.97. The molecule has 3 N–H and O–H groups in total. The van der Waals surface area contributed by atoms with E-state index in [2.05, 4.69) is 32.4 Å². The van der Waals surface area contributed by atoms with Crippen molar-refractivity contribution in [2.45, 2.75) is 20.4 Å². The van der Waals surface area contributed by atoms with Crippen molar-refractivity contribution >= 4 is 23.0 Å². The average molecular weight is 312 g/mol. The van der Waals surface area contributed by atoms with Gasteiger partial charge in [0.2, 0.25) is 5.95 Å². The van der Waals surface area contributed by atoms with Crippen molar-refractivity contribution in [3.8, 4) is 11.3 Å². The number of nitrogens with zero attached hydrogens (tertiary/aromatic N) is 4. The van der Waals surface area contributed by atoms with Crippen molar-refractivity contribution in [1.29, 1.82) is 0 Å². The predicted octanol–water partition coefficient (Wildman–Crippen LogP) is 2.81. The molecule has 1 aromatic carbocycles. The number of aryl methyl sites for hydroxylation is 2. The highest BCUT2D eigenvalue weighted by Gasteiger charge is 2.08. The summed E-state index contributed by atoms with van der Waals surface area (Å²) in [7, 11) is 0. The van der Waals surface area contributed by atoms with E-state index in [1.54, 1.807) is 17.5 Å². The Balaban J connectivity index is 1.78. The van der Waals surface area contributed by atoms with Crippen molar-refractivity contribution in [2.75, 3.05) is 11.1 Å². The Morgan fingerprint density at radius 1 is 1.18 bits per heavy atom. The van der Waals surface area contributed by atoms with E-state index in [0.717, 1.165) is 16.3 Å². The lowest BCUT2D eigenvalue weighted by Crippen LogP contribution is -2.05. The van der Waals surface area contributed by atoms with Gasteiger partial charge in [-0.1, -0.05) is 18.2 Å². The van der Waals surface area contributed by atoms with Crippen LogP contribution in [0.4, 0.5) is 11.6 Å². The Hall–Kier alpha value is -2.54. The topological polar surface area (TPSA) is 89.6 Å². The van der Waals surface area contributed by atoms with Crippen LogP contribution >= 0.6 is 11.3 Å². The summed E-state index contributed by atoms with van der Waals surface area (Å²) in [5.74, 6) is 0.464. The van der Waals surface area contributed by atoms with Crippen LogP contribution in [0.1, 0.15) is 15.6 Å². The van der Waals surface area contributed by atoms with Gasteiger partial charge in [0.05, 0.1) is 24.1 Å². The molecular weight excluding hydrogens is 296 g/mol. The zero-order valence-corrected chi connectivity index (χ0v) is 13.2. The van der Waals surface area contributed by atoms with E-state index in [4.69, 9.17) is 5.73 Å². The molecule has 0 aliphatic rings. The SMILES string of the molecule is Cc1nc(CNc2nncc(-c3ccccc3N)n2)sc1C. The lowest BCUT2D eigenvalue weighted by atomic mass is 10.1. The molecule has 112 valence electrons. The highest BCUT2D eigenvalue weighted by Crippen LogP contribution is 2.23. The zero-order valence-electron chi connectivity index (χ0n) is 12.4. The molecule has 0 unspecified atom stereocenters. The molecule has 0 atom stereocenters. The number of anilines is 2. The molecule has 0 fully saturated rings. The summed E-state index contributed by atoms with van der Waals surface area (Å²) in [4.78, 5) is 10.2. The van der Waals surface area contributed by atoms with Gasteiger partial charge < -0.3 is 11.1 Å². The van der Waals surface area contributed by atoms with E-state index in [1.807, 2.05) is 31.2 Å². The molecule has 2 heterocycles. The summed E-state index contributed by atoms with van der Waals surface area (Å²) in [6.45, 7) is 4.65. The Morgan fingerprint density at radius 2 is 2.00 bits per heavy atom. The monoisotopic (exact) mass is 312 g/mol. The van der Waals surface area contributed by atoms with Crippen molar-refractivity contribution in [1.82, 2.24) is 20.2 Å². The fourth-order valence-electron chi connectivity index (χ4n) is 2.01. The summed E-state index contributed by atoms with van der Waals surface area (Å²) in [5, 5.41) is 12.1. The first kappa shape index (κ1) is 14.4. The highest BCUT2D eigenvalue weighted by atomic mass is 32.1. The molecule has 6 nitrogen and oxygen atoms in total. The van der Waals surface area contributed by atoms with Gasteiger partial charge >= 0.3 is 0 Å². The lowest BCUT2D eigenvalue weighted by molar-refractivity contribution is 0.943. The van der Waals surface area contributed by atoms with Gasteiger partial charge in [-0.3, -0.25) is 0 Å². The third-order valence-corrected chi connectivity index (χ3v) is 4.34. The highest BCUT2D eigenvalue weighted by molar-refractivity contribution is 7.11. The standard InChI is InChI=1S/C15H16N6S/c1-9-10(2)22-14(19-9)8-17-15-20-13(7-18-21-15)11-5-3-4-6-12(11)16/h3-7H,8,16H2,1-2H3,(H,17,20,21). The number of nitrogens with one attached hydrogen (secondary N) is 1. The molecule has 3 rings (SSSR count). The smallest absolute Gasteiger partial charge is 0.243 e. The van der Waals surface area contributed by atoms with Crippen LogP contribution in [0, 0.1) is 13.8 Å². The summed E-state index contributed by atoms with van der Waals surface area (Å²) in [5.41, 5.74) is 9.24. The number of para-hydroxylation sites is 1. The molecule has 0 spiro atoms. The second-order valence-electron chi connectivity index (χ2n) is 4.86. The molecule has 2 aromatic heterocycles. The molecule has 0 saturated heterocycles. The summed E-state index contributed by atoms with van der Waals surface area (Å²) >= 11 is 1.67. The molecule has 0 aliphatic heterocycles. The Kier molecular flexibility index (Phi) is 3.97. The van der Waals surface area contributed by atoms with E-state index >= 15 is 0 Å². The normalized spacial score (nSPS) is 10.6. The van der Waals surface area contributed by atoms with Crippen LogP contribution in [-0.2, 0) is 6.54 Å². The minimum absolute atomic E-state index is 0.464. The van der Waals surface area contributed by atoms with Gasteiger partial charge in [-0.25, -0.2) is 9.97 Å². The number of nitrogens with two attached hydrogens (primary N) is 1. The maximum Gasteiger partial charge on any atom is 0.243 e. The van der Waals surface area contributed by atoms with Crippen LogP contribution in [0.2, 0.25) is 0 Å². The zero-order chi connectivity index (χ0) is 15.5. The maximum atomic E-state index is 5.97. The second kappa shape index (κ2) is 6.07. The minimum atomic E-state index is 0.464. The number of nitrogen functional groups attached to an aromatic ring is 1. The quantitative estimate of drug-likeness (QED) is 0.720. The molecule has 7 heteroatoms. The number of benzene rings is 1. The average Bonchev–Trinajstić information content (AvgIpc) is 2.85. The first-order chi connectivity index (χ1) is 10.6. The van der Waals surface area contributed by atoms with Crippen molar-refractivity contribution in [2.24, 2.45) is 0 Å². The number of rotatable bonds is 4. The van der Waals surface area contributed by atoms with Crippen LogP contribution in [0.15, 0.2) is 30.5 Å². The molecule has 0 amide bonds. The molecule has 22 heavy (non-hydrogen) atoms. The third kappa shape index (κ3) is 3.04. The van der Waals surface area contributed by atoms with Crippen LogP contribution in [0.5, 0.6) is 0 Å². The van der Waals surface area contributed by atoms with Gasteiger partial charge in [0.25, 0.3) is 0 Å². The summed E-state index contributed by atoms with van der Waals surface area (Å²) in [6, 6.07) is 7.56. The number of thiazole rings is 1. The Bertz CT molecular complexity index is 779. The van der Waals surface area contributed by atoms with E-state index < -0.39 is 0 Å². The molecule has 0 saturated carbocycles. The lowest BCUT2D eigenvalue weighted by Gasteiger charge is -2.06. The largest absolute Gasteiger partial charge is 0.398 e. The Morgan fingerprint density at radius 3 is 2.73 bits per heavy atom. The third-order valence-electron chi connectivity index (χ3n) is 3.27. The van der Waals surface area contributed by atoms with Gasteiger partial charge in [-0.2, -0.15) is 5.10 Å². The van der Waals surface area contributed by atoms with Crippen LogP contribution in [0.3, 0.4) is 0 Å².